The van der Waals surface area contributed by atoms with Crippen LogP contribution in [0.1, 0.15) is 65.7 Å². The predicted octanol–water partition coefficient (Wildman–Crippen LogP) is 3.53. The molecule has 0 aromatic rings. The van der Waals surface area contributed by atoms with Crippen LogP contribution in [-0.4, -0.2) is 35.1 Å². The number of carboxylic acids is 1. The highest BCUT2D eigenvalue weighted by Gasteiger charge is 2.26. The van der Waals surface area contributed by atoms with Gasteiger partial charge in [0.1, 0.15) is 0 Å². The average Bonchev–Trinajstić information content (AvgIpc) is 2.82. The summed E-state index contributed by atoms with van der Waals surface area (Å²) >= 11 is 0. The lowest BCUT2D eigenvalue weighted by atomic mass is 9.87. The molecular weight excluding hydrogens is 226 g/mol. The molecule has 0 unspecified atom stereocenters. The smallest absolute Gasteiger partial charge is 0.309 e. The van der Waals surface area contributed by atoms with Crippen molar-refractivity contribution in [1.82, 2.24) is 4.90 Å². The SMILES string of the molecule is CCN(CCCCC(C)(C)C(=O)O)C1CCCC1. The van der Waals surface area contributed by atoms with Crippen molar-refractivity contribution in [3.63, 3.8) is 0 Å². The molecule has 1 aliphatic rings. The van der Waals surface area contributed by atoms with Crippen molar-refractivity contribution in [3.05, 3.63) is 0 Å². The van der Waals surface area contributed by atoms with Crippen LogP contribution < -0.4 is 0 Å². The van der Waals surface area contributed by atoms with Gasteiger partial charge in [-0.2, -0.15) is 0 Å². The lowest BCUT2D eigenvalue weighted by Crippen LogP contribution is -2.34. The Balaban J connectivity index is 2.21. The van der Waals surface area contributed by atoms with E-state index in [0.717, 1.165) is 38.4 Å². The number of nitrogens with zero attached hydrogens (tertiary/aromatic N) is 1. The average molecular weight is 255 g/mol. The number of hydrogen-bond donors (Lipinski definition) is 1. The van der Waals surface area contributed by atoms with Crippen LogP contribution >= 0.6 is 0 Å². The Morgan fingerprint density at radius 1 is 1.28 bits per heavy atom. The summed E-state index contributed by atoms with van der Waals surface area (Å²) in [6, 6.07) is 0.794. The van der Waals surface area contributed by atoms with Gasteiger partial charge < -0.3 is 10.0 Å². The second-order valence-electron chi connectivity index (χ2n) is 6.21. The maximum atomic E-state index is 11.0. The van der Waals surface area contributed by atoms with Gasteiger partial charge in [-0.05, 0) is 52.6 Å². The third kappa shape index (κ3) is 4.60. The zero-order valence-electron chi connectivity index (χ0n) is 12.2. The van der Waals surface area contributed by atoms with E-state index >= 15 is 0 Å². The molecule has 3 heteroatoms. The molecule has 0 amide bonds. The van der Waals surface area contributed by atoms with Crippen molar-refractivity contribution in [2.45, 2.75) is 71.8 Å². The normalized spacial score (nSPS) is 17.6. The van der Waals surface area contributed by atoms with E-state index in [2.05, 4.69) is 11.8 Å². The van der Waals surface area contributed by atoms with Crippen molar-refractivity contribution >= 4 is 5.97 Å². The highest BCUT2D eigenvalue weighted by atomic mass is 16.4. The molecule has 0 aromatic heterocycles. The molecule has 0 spiro atoms. The van der Waals surface area contributed by atoms with Gasteiger partial charge in [0, 0.05) is 6.04 Å². The molecule has 1 fully saturated rings. The van der Waals surface area contributed by atoms with Crippen molar-refractivity contribution in [1.29, 1.82) is 0 Å². The van der Waals surface area contributed by atoms with Crippen LogP contribution in [0, 0.1) is 5.41 Å². The fraction of sp³-hybridized carbons (Fsp3) is 0.933. The van der Waals surface area contributed by atoms with Crippen molar-refractivity contribution in [2.75, 3.05) is 13.1 Å². The summed E-state index contributed by atoms with van der Waals surface area (Å²) in [4.78, 5) is 13.6. The summed E-state index contributed by atoms with van der Waals surface area (Å²) < 4.78 is 0. The minimum absolute atomic E-state index is 0.565. The molecule has 0 heterocycles. The van der Waals surface area contributed by atoms with E-state index in [4.69, 9.17) is 5.11 Å². The second-order valence-corrected chi connectivity index (χ2v) is 6.21. The van der Waals surface area contributed by atoms with E-state index in [9.17, 15) is 4.79 Å². The Kier molecular flexibility index (Phi) is 6.13. The molecule has 1 rings (SSSR count). The van der Waals surface area contributed by atoms with Crippen LogP contribution in [0.4, 0.5) is 0 Å². The minimum Gasteiger partial charge on any atom is -0.481 e. The van der Waals surface area contributed by atoms with Crippen molar-refractivity contribution in [3.8, 4) is 0 Å². The predicted molar refractivity (Wildman–Crippen MR) is 74.8 cm³/mol. The minimum atomic E-state index is -0.675. The highest BCUT2D eigenvalue weighted by Crippen LogP contribution is 2.25. The third-order valence-corrected chi connectivity index (χ3v) is 4.32. The van der Waals surface area contributed by atoms with Crippen LogP contribution in [0.5, 0.6) is 0 Å². The van der Waals surface area contributed by atoms with Gasteiger partial charge in [-0.25, -0.2) is 0 Å². The summed E-state index contributed by atoms with van der Waals surface area (Å²) in [5.74, 6) is -0.675. The third-order valence-electron chi connectivity index (χ3n) is 4.32. The zero-order valence-corrected chi connectivity index (χ0v) is 12.2. The summed E-state index contributed by atoms with van der Waals surface area (Å²) in [6.07, 6.45) is 8.40. The highest BCUT2D eigenvalue weighted by molar-refractivity contribution is 5.73. The van der Waals surface area contributed by atoms with Gasteiger partial charge in [-0.15, -0.1) is 0 Å². The molecule has 0 bridgehead atoms. The van der Waals surface area contributed by atoms with Crippen LogP contribution in [0.15, 0.2) is 0 Å². The van der Waals surface area contributed by atoms with E-state index in [1.165, 1.54) is 25.7 Å². The molecule has 1 N–H and O–H groups in total. The fourth-order valence-corrected chi connectivity index (χ4v) is 2.86. The monoisotopic (exact) mass is 255 g/mol. The standard InChI is InChI=1S/C15H29NO2/c1-4-16(13-9-5-6-10-13)12-8-7-11-15(2,3)14(17)18/h13H,4-12H2,1-3H3,(H,17,18). The van der Waals surface area contributed by atoms with E-state index in [1.54, 1.807) is 0 Å². The largest absolute Gasteiger partial charge is 0.481 e. The van der Waals surface area contributed by atoms with E-state index in [-0.39, 0.29) is 0 Å². The number of hydrogen-bond acceptors (Lipinski definition) is 2. The van der Waals surface area contributed by atoms with Crippen molar-refractivity contribution < 1.29 is 9.90 Å². The first-order valence-corrected chi connectivity index (χ1v) is 7.45. The molecule has 0 saturated heterocycles. The number of rotatable bonds is 8. The van der Waals surface area contributed by atoms with Crippen LogP contribution in [-0.2, 0) is 4.79 Å². The molecular formula is C15H29NO2. The molecule has 0 radical (unpaired) electrons. The fourth-order valence-electron chi connectivity index (χ4n) is 2.86. The number of unbranched alkanes of at least 4 members (excludes halogenated alkanes) is 1. The van der Waals surface area contributed by atoms with Gasteiger partial charge in [0.2, 0.25) is 0 Å². The van der Waals surface area contributed by atoms with E-state index in [0.29, 0.717) is 0 Å². The molecule has 3 nitrogen and oxygen atoms in total. The molecule has 18 heavy (non-hydrogen) atoms. The quantitative estimate of drug-likeness (QED) is 0.674. The van der Waals surface area contributed by atoms with Gasteiger partial charge in [-0.1, -0.05) is 26.2 Å². The van der Waals surface area contributed by atoms with Crippen LogP contribution in [0.3, 0.4) is 0 Å². The number of aliphatic carboxylic acids is 1. The second kappa shape index (κ2) is 7.13. The molecule has 0 atom stereocenters. The maximum absolute atomic E-state index is 11.0. The Bertz CT molecular complexity index is 257. The molecule has 106 valence electrons. The van der Waals surface area contributed by atoms with E-state index in [1.807, 2.05) is 13.8 Å². The first kappa shape index (κ1) is 15.5. The lowest BCUT2D eigenvalue weighted by Gasteiger charge is -2.28. The summed E-state index contributed by atoms with van der Waals surface area (Å²) in [5.41, 5.74) is -0.565. The first-order chi connectivity index (χ1) is 8.47. The Morgan fingerprint density at radius 2 is 1.89 bits per heavy atom. The zero-order chi connectivity index (χ0) is 13.6. The van der Waals surface area contributed by atoms with Crippen LogP contribution in [0.2, 0.25) is 0 Å². The van der Waals surface area contributed by atoms with E-state index < -0.39 is 11.4 Å². The topological polar surface area (TPSA) is 40.5 Å². The van der Waals surface area contributed by atoms with Gasteiger partial charge in [0.05, 0.1) is 5.41 Å². The van der Waals surface area contributed by atoms with Gasteiger partial charge >= 0.3 is 5.97 Å². The van der Waals surface area contributed by atoms with Gasteiger partial charge in [-0.3, -0.25) is 4.79 Å². The number of carbonyl (C=O) groups is 1. The summed E-state index contributed by atoms with van der Waals surface area (Å²) in [6.45, 7) is 8.15. The molecule has 0 aliphatic heterocycles. The number of carboxylic acid groups (broad SMARTS) is 1. The summed E-state index contributed by atoms with van der Waals surface area (Å²) in [7, 11) is 0. The molecule has 0 aromatic carbocycles. The van der Waals surface area contributed by atoms with Crippen molar-refractivity contribution in [2.24, 2.45) is 5.41 Å². The molecule has 1 saturated carbocycles. The Hall–Kier alpha value is -0.570. The molecule has 1 aliphatic carbocycles. The Labute approximate surface area is 112 Å². The maximum Gasteiger partial charge on any atom is 0.309 e. The Morgan fingerprint density at radius 3 is 2.39 bits per heavy atom. The van der Waals surface area contributed by atoms with Gasteiger partial charge in [0.15, 0.2) is 0 Å². The van der Waals surface area contributed by atoms with Gasteiger partial charge in [0.25, 0.3) is 0 Å². The summed E-state index contributed by atoms with van der Waals surface area (Å²) in [5, 5.41) is 9.06. The first-order valence-electron chi connectivity index (χ1n) is 7.45. The lowest BCUT2D eigenvalue weighted by molar-refractivity contribution is -0.147. The van der Waals surface area contributed by atoms with Crippen LogP contribution in [0.25, 0.3) is 0 Å².